The third-order valence-electron chi connectivity index (χ3n) is 5.35. The SMILES string of the molecule is CCCCCCCCCCCCCCCCCCc1ccccc1N.F. The van der Waals surface area contributed by atoms with Crippen LogP contribution in [-0.2, 0) is 6.42 Å². The summed E-state index contributed by atoms with van der Waals surface area (Å²) < 4.78 is 0. The maximum atomic E-state index is 5.99. The van der Waals surface area contributed by atoms with Crippen molar-refractivity contribution in [3.8, 4) is 0 Å². The van der Waals surface area contributed by atoms with Gasteiger partial charge in [-0.15, -0.1) is 0 Å². The van der Waals surface area contributed by atoms with Crippen molar-refractivity contribution in [2.24, 2.45) is 0 Å². The molecule has 0 aliphatic heterocycles. The molecule has 2 heteroatoms. The number of nitrogen functional groups attached to an aromatic ring is 1. The van der Waals surface area contributed by atoms with Crippen molar-refractivity contribution < 1.29 is 4.70 Å². The molecule has 0 radical (unpaired) electrons. The Kier molecular flexibility index (Phi) is 18.0. The first kappa shape index (κ1) is 24.9. The number of halogens is 1. The summed E-state index contributed by atoms with van der Waals surface area (Å²) in [5.74, 6) is 0. The zero-order valence-corrected chi connectivity index (χ0v) is 17.3. The molecule has 0 atom stereocenters. The first-order valence-corrected chi connectivity index (χ1v) is 11.2. The van der Waals surface area contributed by atoms with Crippen molar-refractivity contribution in [2.75, 3.05) is 5.73 Å². The molecule has 0 aliphatic rings. The van der Waals surface area contributed by atoms with Gasteiger partial charge in [-0.1, -0.05) is 121 Å². The van der Waals surface area contributed by atoms with Crippen LogP contribution in [-0.4, -0.2) is 0 Å². The predicted octanol–water partition coefficient (Wildman–Crippen LogP) is 8.23. The van der Waals surface area contributed by atoms with E-state index in [2.05, 4.69) is 19.1 Å². The second-order valence-electron chi connectivity index (χ2n) is 7.75. The fourth-order valence-corrected chi connectivity index (χ4v) is 3.63. The van der Waals surface area contributed by atoms with E-state index in [4.69, 9.17) is 5.73 Å². The lowest BCUT2D eigenvalue weighted by atomic mass is 10.0. The highest BCUT2D eigenvalue weighted by Crippen LogP contribution is 2.16. The summed E-state index contributed by atoms with van der Waals surface area (Å²) in [6.45, 7) is 2.29. The largest absolute Gasteiger partial charge is 0.399 e. The standard InChI is InChI=1S/C24H43N.FH/c1-2-3-4-5-6-7-8-9-10-11-12-13-14-15-16-17-20-23-21-18-19-22-24(23)25;/h18-19,21-22H,2-17,20,25H2,1H3;1H. The lowest BCUT2D eigenvalue weighted by molar-refractivity contribution is 0.529. The van der Waals surface area contributed by atoms with E-state index in [1.54, 1.807) is 0 Å². The average molecular weight is 366 g/mol. The van der Waals surface area contributed by atoms with Gasteiger partial charge in [0.2, 0.25) is 0 Å². The average Bonchev–Trinajstić information content (AvgIpc) is 2.63. The Hall–Kier alpha value is -1.05. The second kappa shape index (κ2) is 18.7. The first-order chi connectivity index (χ1) is 12.3. The number of benzene rings is 1. The van der Waals surface area contributed by atoms with Crippen molar-refractivity contribution in [2.45, 2.75) is 116 Å². The minimum Gasteiger partial charge on any atom is -0.399 e. The monoisotopic (exact) mass is 365 g/mol. The van der Waals surface area contributed by atoms with Gasteiger partial charge in [-0.25, -0.2) is 0 Å². The highest BCUT2D eigenvalue weighted by molar-refractivity contribution is 5.46. The van der Waals surface area contributed by atoms with Gasteiger partial charge in [-0.3, -0.25) is 4.70 Å². The van der Waals surface area contributed by atoms with E-state index in [0.29, 0.717) is 0 Å². The zero-order chi connectivity index (χ0) is 18.0. The van der Waals surface area contributed by atoms with E-state index in [9.17, 15) is 0 Å². The summed E-state index contributed by atoms with van der Waals surface area (Å²) in [4.78, 5) is 0. The summed E-state index contributed by atoms with van der Waals surface area (Å²) >= 11 is 0. The molecular weight excluding hydrogens is 321 g/mol. The second-order valence-corrected chi connectivity index (χ2v) is 7.75. The van der Waals surface area contributed by atoms with Crippen molar-refractivity contribution in [1.29, 1.82) is 0 Å². The van der Waals surface area contributed by atoms with E-state index in [1.807, 2.05) is 12.1 Å². The van der Waals surface area contributed by atoms with E-state index in [1.165, 1.54) is 108 Å². The number of anilines is 1. The Morgan fingerprint density at radius 3 is 1.38 bits per heavy atom. The summed E-state index contributed by atoms with van der Waals surface area (Å²) in [6.07, 6.45) is 24.0. The quantitative estimate of drug-likeness (QED) is 0.218. The van der Waals surface area contributed by atoms with Gasteiger partial charge in [-0.05, 0) is 24.5 Å². The number of unbranched alkanes of at least 4 members (excludes halogenated alkanes) is 15. The van der Waals surface area contributed by atoms with Crippen molar-refractivity contribution in [1.82, 2.24) is 0 Å². The number of aryl methyl sites for hydroxylation is 1. The molecule has 1 rings (SSSR count). The number of hydrogen-bond donors (Lipinski definition) is 1. The number of rotatable bonds is 17. The molecule has 0 amide bonds. The molecule has 0 bridgehead atoms. The van der Waals surface area contributed by atoms with Crippen LogP contribution >= 0.6 is 0 Å². The third-order valence-corrected chi connectivity index (χ3v) is 5.35. The Bertz CT molecular complexity index is 405. The summed E-state index contributed by atoms with van der Waals surface area (Å²) in [5.41, 5.74) is 8.28. The van der Waals surface area contributed by atoms with Gasteiger partial charge in [-0.2, -0.15) is 0 Å². The van der Waals surface area contributed by atoms with Gasteiger partial charge in [0.05, 0.1) is 0 Å². The van der Waals surface area contributed by atoms with Crippen LogP contribution in [0.5, 0.6) is 0 Å². The molecule has 2 N–H and O–H groups in total. The van der Waals surface area contributed by atoms with Gasteiger partial charge in [0.1, 0.15) is 0 Å². The maximum Gasteiger partial charge on any atom is 0.0346 e. The molecule has 0 saturated heterocycles. The molecule has 152 valence electrons. The van der Waals surface area contributed by atoms with Gasteiger partial charge in [0, 0.05) is 5.69 Å². The van der Waals surface area contributed by atoms with Gasteiger partial charge >= 0.3 is 0 Å². The van der Waals surface area contributed by atoms with E-state index in [-0.39, 0.29) is 4.70 Å². The summed E-state index contributed by atoms with van der Waals surface area (Å²) in [5, 5.41) is 0. The molecule has 0 aromatic heterocycles. The first-order valence-electron chi connectivity index (χ1n) is 11.2. The van der Waals surface area contributed by atoms with Crippen LogP contribution in [0.1, 0.15) is 115 Å². The van der Waals surface area contributed by atoms with Crippen molar-refractivity contribution >= 4 is 5.69 Å². The Morgan fingerprint density at radius 2 is 0.962 bits per heavy atom. The Labute approximate surface area is 162 Å². The third kappa shape index (κ3) is 14.2. The lowest BCUT2D eigenvalue weighted by Gasteiger charge is -2.05. The van der Waals surface area contributed by atoms with Gasteiger partial charge in [0.25, 0.3) is 0 Å². The van der Waals surface area contributed by atoms with Gasteiger partial charge < -0.3 is 5.73 Å². The van der Waals surface area contributed by atoms with Crippen LogP contribution < -0.4 is 5.73 Å². The van der Waals surface area contributed by atoms with Crippen LogP contribution in [0.3, 0.4) is 0 Å². The molecule has 0 unspecified atom stereocenters. The molecular formula is C24H44FN. The summed E-state index contributed by atoms with van der Waals surface area (Å²) in [6, 6.07) is 8.30. The molecule has 0 fully saturated rings. The molecule has 0 spiro atoms. The van der Waals surface area contributed by atoms with Crippen molar-refractivity contribution in [3.05, 3.63) is 29.8 Å². The Morgan fingerprint density at radius 1 is 0.577 bits per heavy atom. The molecule has 1 aromatic carbocycles. The highest BCUT2D eigenvalue weighted by atomic mass is 19.0. The van der Waals surface area contributed by atoms with E-state index in [0.717, 1.165) is 12.1 Å². The molecule has 0 aliphatic carbocycles. The molecule has 1 nitrogen and oxygen atoms in total. The molecule has 0 heterocycles. The highest BCUT2D eigenvalue weighted by Gasteiger charge is 1.98. The van der Waals surface area contributed by atoms with Crippen LogP contribution in [0.15, 0.2) is 24.3 Å². The van der Waals surface area contributed by atoms with E-state index >= 15 is 0 Å². The van der Waals surface area contributed by atoms with Crippen molar-refractivity contribution in [3.63, 3.8) is 0 Å². The number of hydrogen-bond acceptors (Lipinski definition) is 1. The smallest absolute Gasteiger partial charge is 0.0346 e. The summed E-state index contributed by atoms with van der Waals surface area (Å²) in [7, 11) is 0. The van der Waals surface area contributed by atoms with Crippen LogP contribution in [0.25, 0.3) is 0 Å². The zero-order valence-electron chi connectivity index (χ0n) is 17.3. The fraction of sp³-hybridized carbons (Fsp3) is 0.750. The van der Waals surface area contributed by atoms with Gasteiger partial charge in [0.15, 0.2) is 0 Å². The van der Waals surface area contributed by atoms with Crippen LogP contribution in [0, 0.1) is 0 Å². The fourth-order valence-electron chi connectivity index (χ4n) is 3.63. The molecule has 26 heavy (non-hydrogen) atoms. The molecule has 1 aromatic rings. The van der Waals surface area contributed by atoms with Crippen LogP contribution in [0.4, 0.5) is 10.4 Å². The normalized spacial score (nSPS) is 10.7. The van der Waals surface area contributed by atoms with E-state index < -0.39 is 0 Å². The predicted molar refractivity (Wildman–Crippen MR) is 117 cm³/mol. The maximum absolute atomic E-state index is 5.99. The number of para-hydroxylation sites is 1. The topological polar surface area (TPSA) is 26.0 Å². The minimum atomic E-state index is 0. The van der Waals surface area contributed by atoms with Crippen LogP contribution in [0.2, 0.25) is 0 Å². The lowest BCUT2D eigenvalue weighted by Crippen LogP contribution is -1.93. The molecule has 0 saturated carbocycles. The number of nitrogens with two attached hydrogens (primary N) is 1. The minimum absolute atomic E-state index is 0. The Balaban J connectivity index is 0.00000625.